The molecule has 2 amide bonds. The van der Waals surface area contributed by atoms with Gasteiger partial charge in [0.2, 0.25) is 5.91 Å². The molecule has 0 aliphatic rings. The second-order valence-electron chi connectivity index (χ2n) is 5.95. The molecule has 0 spiro atoms. The van der Waals surface area contributed by atoms with E-state index in [4.69, 9.17) is 4.74 Å². The molecule has 0 aliphatic carbocycles. The largest absolute Gasteiger partial charge is 0.383 e. The minimum absolute atomic E-state index is 0.147. The fourth-order valence-electron chi connectivity index (χ4n) is 2.51. The number of hydrogen-bond donors (Lipinski definition) is 2. The Bertz CT molecular complexity index is 756. The summed E-state index contributed by atoms with van der Waals surface area (Å²) in [4.78, 5) is 24.7. The molecule has 0 saturated heterocycles. The van der Waals surface area contributed by atoms with E-state index in [1.54, 1.807) is 31.4 Å². The van der Waals surface area contributed by atoms with Crippen molar-refractivity contribution in [1.29, 1.82) is 0 Å². The van der Waals surface area contributed by atoms with Crippen molar-refractivity contribution in [2.45, 2.75) is 20.3 Å². The SMILES string of the molecule is COCCNC(=O)c1ccccc1NC(=O)Cc1cc(C)ccc1C. The Morgan fingerprint density at radius 3 is 2.60 bits per heavy atom. The van der Waals surface area contributed by atoms with Gasteiger partial charge in [0, 0.05) is 13.7 Å². The summed E-state index contributed by atoms with van der Waals surface area (Å²) in [6.45, 7) is 4.84. The maximum atomic E-state index is 12.4. The molecule has 0 fully saturated rings. The first-order valence-electron chi connectivity index (χ1n) is 8.23. The van der Waals surface area contributed by atoms with E-state index in [2.05, 4.69) is 10.6 Å². The monoisotopic (exact) mass is 340 g/mol. The van der Waals surface area contributed by atoms with E-state index in [0.717, 1.165) is 16.7 Å². The average molecular weight is 340 g/mol. The van der Waals surface area contributed by atoms with Crippen LogP contribution in [0.3, 0.4) is 0 Å². The van der Waals surface area contributed by atoms with Crippen LogP contribution in [0.1, 0.15) is 27.0 Å². The summed E-state index contributed by atoms with van der Waals surface area (Å²) in [5.74, 6) is -0.384. The van der Waals surface area contributed by atoms with Crippen LogP contribution < -0.4 is 10.6 Å². The Hall–Kier alpha value is -2.66. The number of para-hydroxylation sites is 1. The van der Waals surface area contributed by atoms with Crippen LogP contribution in [-0.2, 0) is 16.0 Å². The normalized spacial score (nSPS) is 10.4. The number of benzene rings is 2. The molecular weight excluding hydrogens is 316 g/mol. The molecule has 0 unspecified atom stereocenters. The first-order valence-corrected chi connectivity index (χ1v) is 8.23. The molecule has 0 bridgehead atoms. The first kappa shape index (κ1) is 18.7. The molecule has 2 rings (SSSR count). The molecule has 132 valence electrons. The molecule has 5 nitrogen and oxygen atoms in total. The van der Waals surface area contributed by atoms with E-state index in [1.165, 1.54) is 0 Å². The van der Waals surface area contributed by atoms with Crippen molar-refractivity contribution in [3.63, 3.8) is 0 Å². The van der Waals surface area contributed by atoms with Crippen LogP contribution in [0.15, 0.2) is 42.5 Å². The molecule has 0 aromatic heterocycles. The average Bonchev–Trinajstić information content (AvgIpc) is 2.58. The van der Waals surface area contributed by atoms with E-state index in [-0.39, 0.29) is 18.2 Å². The van der Waals surface area contributed by atoms with E-state index in [9.17, 15) is 9.59 Å². The summed E-state index contributed by atoms with van der Waals surface area (Å²) in [5.41, 5.74) is 4.12. The lowest BCUT2D eigenvalue weighted by Crippen LogP contribution is -2.28. The molecule has 0 saturated carbocycles. The molecule has 0 aliphatic heterocycles. The lowest BCUT2D eigenvalue weighted by Gasteiger charge is -2.12. The Morgan fingerprint density at radius 2 is 1.84 bits per heavy atom. The van der Waals surface area contributed by atoms with Gasteiger partial charge in [-0.15, -0.1) is 0 Å². The molecule has 0 atom stereocenters. The summed E-state index contributed by atoms with van der Waals surface area (Å²) in [5, 5.41) is 5.61. The summed E-state index contributed by atoms with van der Waals surface area (Å²) in [7, 11) is 1.58. The number of aryl methyl sites for hydroxylation is 2. The summed E-state index contributed by atoms with van der Waals surface area (Å²) in [6.07, 6.45) is 0.271. The predicted octanol–water partition coefficient (Wildman–Crippen LogP) is 2.86. The van der Waals surface area contributed by atoms with Crippen LogP contribution in [-0.4, -0.2) is 32.1 Å². The number of anilines is 1. The van der Waals surface area contributed by atoms with Crippen LogP contribution in [0.4, 0.5) is 5.69 Å². The smallest absolute Gasteiger partial charge is 0.253 e. The van der Waals surface area contributed by atoms with Crippen LogP contribution in [0, 0.1) is 13.8 Å². The van der Waals surface area contributed by atoms with Gasteiger partial charge in [0.25, 0.3) is 5.91 Å². The topological polar surface area (TPSA) is 67.4 Å². The first-order chi connectivity index (χ1) is 12.0. The third-order valence-electron chi connectivity index (χ3n) is 3.89. The number of carbonyl (C=O) groups excluding carboxylic acids is 2. The fourth-order valence-corrected chi connectivity index (χ4v) is 2.51. The molecule has 2 aromatic carbocycles. The van der Waals surface area contributed by atoms with Gasteiger partial charge in [-0.2, -0.15) is 0 Å². The van der Waals surface area contributed by atoms with E-state index in [1.807, 2.05) is 32.0 Å². The molecule has 5 heteroatoms. The van der Waals surface area contributed by atoms with Crippen LogP contribution in [0.5, 0.6) is 0 Å². The van der Waals surface area contributed by atoms with Gasteiger partial charge in [-0.3, -0.25) is 9.59 Å². The van der Waals surface area contributed by atoms with E-state index >= 15 is 0 Å². The fraction of sp³-hybridized carbons (Fsp3) is 0.300. The lowest BCUT2D eigenvalue weighted by atomic mass is 10.0. The Kier molecular flexibility index (Phi) is 6.71. The van der Waals surface area contributed by atoms with Crippen molar-refractivity contribution in [1.82, 2.24) is 5.32 Å². The molecular formula is C20H24N2O3. The highest BCUT2D eigenvalue weighted by atomic mass is 16.5. The van der Waals surface area contributed by atoms with Crippen LogP contribution in [0.2, 0.25) is 0 Å². The number of hydrogen-bond acceptors (Lipinski definition) is 3. The summed E-state index contributed by atoms with van der Waals surface area (Å²) < 4.78 is 4.93. The van der Waals surface area contributed by atoms with E-state index in [0.29, 0.717) is 24.4 Å². The number of carbonyl (C=O) groups is 2. The molecule has 0 radical (unpaired) electrons. The Morgan fingerprint density at radius 1 is 1.08 bits per heavy atom. The van der Waals surface area contributed by atoms with Crippen LogP contribution in [0.25, 0.3) is 0 Å². The third kappa shape index (κ3) is 5.43. The predicted molar refractivity (Wildman–Crippen MR) is 98.9 cm³/mol. The zero-order valence-corrected chi connectivity index (χ0v) is 14.9. The van der Waals surface area contributed by atoms with Crippen molar-refractivity contribution in [2.24, 2.45) is 0 Å². The van der Waals surface area contributed by atoms with Gasteiger partial charge < -0.3 is 15.4 Å². The highest BCUT2D eigenvalue weighted by Gasteiger charge is 2.13. The maximum Gasteiger partial charge on any atom is 0.253 e. The quantitative estimate of drug-likeness (QED) is 0.762. The van der Waals surface area contributed by atoms with Gasteiger partial charge in [0.15, 0.2) is 0 Å². The van der Waals surface area contributed by atoms with Crippen molar-refractivity contribution in [3.8, 4) is 0 Å². The molecule has 2 aromatic rings. The van der Waals surface area contributed by atoms with Gasteiger partial charge >= 0.3 is 0 Å². The summed E-state index contributed by atoms with van der Waals surface area (Å²) >= 11 is 0. The van der Waals surface area contributed by atoms with Crippen LogP contribution >= 0.6 is 0 Å². The number of rotatable bonds is 7. The molecule has 2 N–H and O–H groups in total. The highest BCUT2D eigenvalue weighted by Crippen LogP contribution is 2.17. The number of methoxy groups -OCH3 is 1. The van der Waals surface area contributed by atoms with Gasteiger partial charge in [0.1, 0.15) is 0 Å². The number of nitrogens with one attached hydrogen (secondary N) is 2. The lowest BCUT2D eigenvalue weighted by molar-refractivity contribution is -0.115. The van der Waals surface area contributed by atoms with E-state index < -0.39 is 0 Å². The number of ether oxygens (including phenoxy) is 1. The molecule has 0 heterocycles. The van der Waals surface area contributed by atoms with Gasteiger partial charge in [-0.1, -0.05) is 35.9 Å². The van der Waals surface area contributed by atoms with Crippen molar-refractivity contribution in [2.75, 3.05) is 25.6 Å². The zero-order chi connectivity index (χ0) is 18.2. The van der Waals surface area contributed by atoms with Gasteiger partial charge in [-0.05, 0) is 37.1 Å². The second-order valence-corrected chi connectivity index (χ2v) is 5.95. The van der Waals surface area contributed by atoms with Crippen molar-refractivity contribution < 1.29 is 14.3 Å². The number of amides is 2. The maximum absolute atomic E-state index is 12.4. The van der Waals surface area contributed by atoms with Crippen molar-refractivity contribution >= 4 is 17.5 Å². The zero-order valence-electron chi connectivity index (χ0n) is 14.9. The second kappa shape index (κ2) is 8.99. The summed E-state index contributed by atoms with van der Waals surface area (Å²) in [6, 6.07) is 13.0. The minimum Gasteiger partial charge on any atom is -0.383 e. The van der Waals surface area contributed by atoms with Crippen molar-refractivity contribution in [3.05, 3.63) is 64.7 Å². The molecule has 25 heavy (non-hydrogen) atoms. The Balaban J connectivity index is 2.08. The van der Waals surface area contributed by atoms with Gasteiger partial charge in [-0.25, -0.2) is 0 Å². The third-order valence-corrected chi connectivity index (χ3v) is 3.89. The highest BCUT2D eigenvalue weighted by molar-refractivity contribution is 6.04. The van der Waals surface area contributed by atoms with Gasteiger partial charge in [0.05, 0.1) is 24.3 Å². The Labute approximate surface area is 148 Å². The minimum atomic E-state index is -0.236. The standard InChI is InChI=1S/C20H24N2O3/c1-14-8-9-15(2)16(12-14)13-19(23)22-18-7-5-4-6-17(18)20(24)21-10-11-25-3/h4-9,12H,10-11,13H2,1-3H3,(H,21,24)(H,22,23).